The maximum absolute atomic E-state index is 12.6. The van der Waals surface area contributed by atoms with Crippen molar-refractivity contribution >= 4 is 67.2 Å². The molecule has 15 heteroatoms. The monoisotopic (exact) mass is 694 g/mol. The van der Waals surface area contributed by atoms with Crippen molar-refractivity contribution in [3.63, 3.8) is 0 Å². The number of likely N-dealkylation sites (N-methyl/N-ethyl adjacent to an activating group) is 1. The van der Waals surface area contributed by atoms with E-state index in [4.69, 9.17) is 16.3 Å². The highest BCUT2D eigenvalue weighted by molar-refractivity contribution is 7.92. The van der Waals surface area contributed by atoms with E-state index in [1.165, 1.54) is 30.7 Å². The Morgan fingerprint density at radius 3 is 2.42 bits per heavy atom. The van der Waals surface area contributed by atoms with E-state index in [0.717, 1.165) is 74.8 Å². The van der Waals surface area contributed by atoms with Crippen molar-refractivity contribution in [1.29, 1.82) is 0 Å². The minimum absolute atomic E-state index is 0.254. The summed E-state index contributed by atoms with van der Waals surface area (Å²) in [6.45, 7) is 8.75. The number of benzene rings is 2. The molecule has 0 aliphatic carbocycles. The number of piperidine rings is 1. The number of hydrogen-bond donors (Lipinski definition) is 2. The lowest BCUT2D eigenvalue weighted by atomic mass is 9.99. The largest absolute Gasteiger partial charge is 0.494 e. The standard InChI is InChI=1S/C33H43ClN10O3S/c1-6-22-19-27(29(47-4)20-28(22)44-13-9-23(10-14-44)43-17-15-41(2)16-18-43)39-33-37-21-24(34)32(40-33)38-26-8-7-25-30(36-12-11-35-25)31(26)42(3)48(5,45)46/h7-8,11-12,19-21,23H,6,9-10,13-18H2,1-5H3,(H2,37,38,39,40). The van der Waals surface area contributed by atoms with Gasteiger partial charge in [-0.3, -0.25) is 19.2 Å². The first-order valence-corrected chi connectivity index (χ1v) is 18.4. The minimum Gasteiger partial charge on any atom is -0.494 e. The third-order valence-electron chi connectivity index (χ3n) is 9.31. The van der Waals surface area contributed by atoms with Crippen molar-refractivity contribution < 1.29 is 13.2 Å². The van der Waals surface area contributed by atoms with Crippen LogP contribution in [0.5, 0.6) is 5.75 Å². The second-order valence-corrected chi connectivity index (χ2v) is 14.8. The number of fused-ring (bicyclic) bond motifs is 1. The maximum Gasteiger partial charge on any atom is 0.232 e. The van der Waals surface area contributed by atoms with Gasteiger partial charge in [0.15, 0.2) is 5.82 Å². The van der Waals surface area contributed by atoms with E-state index in [2.05, 4.69) is 71.4 Å². The number of aryl methyl sites for hydroxylation is 1. The van der Waals surface area contributed by atoms with E-state index in [-0.39, 0.29) is 10.8 Å². The van der Waals surface area contributed by atoms with Crippen LogP contribution in [-0.2, 0) is 16.4 Å². The van der Waals surface area contributed by atoms with Gasteiger partial charge in [0.05, 0.1) is 36.5 Å². The van der Waals surface area contributed by atoms with Gasteiger partial charge in [0.25, 0.3) is 0 Å². The summed E-state index contributed by atoms with van der Waals surface area (Å²) < 4.78 is 32.2. The van der Waals surface area contributed by atoms with Gasteiger partial charge >= 0.3 is 0 Å². The number of hydrogen-bond acceptors (Lipinski definition) is 12. The van der Waals surface area contributed by atoms with Crippen LogP contribution in [0.25, 0.3) is 11.0 Å². The molecule has 0 spiro atoms. The zero-order chi connectivity index (χ0) is 34.0. The predicted octanol–water partition coefficient (Wildman–Crippen LogP) is 4.74. The molecule has 0 radical (unpaired) electrons. The number of halogens is 1. The highest BCUT2D eigenvalue weighted by Crippen LogP contribution is 2.39. The molecule has 4 heterocycles. The van der Waals surface area contributed by atoms with Crippen LogP contribution in [0, 0.1) is 0 Å². The van der Waals surface area contributed by atoms with Gasteiger partial charge in [-0.05, 0) is 50.1 Å². The Labute approximate surface area is 287 Å². The van der Waals surface area contributed by atoms with E-state index in [9.17, 15) is 8.42 Å². The molecule has 2 fully saturated rings. The number of nitrogens with zero attached hydrogens (tertiary/aromatic N) is 8. The van der Waals surface area contributed by atoms with E-state index in [0.29, 0.717) is 40.1 Å². The number of ether oxygens (including phenoxy) is 1. The van der Waals surface area contributed by atoms with Crippen molar-refractivity contribution in [3.05, 3.63) is 53.4 Å². The molecule has 0 unspecified atom stereocenters. The molecule has 2 aromatic carbocycles. The lowest BCUT2D eigenvalue weighted by Gasteiger charge is -2.43. The summed E-state index contributed by atoms with van der Waals surface area (Å²) in [5.74, 6) is 1.26. The quantitative estimate of drug-likeness (QED) is 0.238. The van der Waals surface area contributed by atoms with Gasteiger partial charge in [-0.15, -0.1) is 0 Å². The third-order valence-corrected chi connectivity index (χ3v) is 10.8. The van der Waals surface area contributed by atoms with Gasteiger partial charge < -0.3 is 25.2 Å². The fourth-order valence-corrected chi connectivity index (χ4v) is 7.14. The summed E-state index contributed by atoms with van der Waals surface area (Å²) >= 11 is 6.56. The Bertz CT molecular complexity index is 1880. The molecule has 2 saturated heterocycles. The van der Waals surface area contributed by atoms with Gasteiger partial charge in [-0.2, -0.15) is 4.98 Å². The molecule has 0 atom stereocenters. The summed E-state index contributed by atoms with van der Waals surface area (Å²) in [7, 11) is 1.70. The van der Waals surface area contributed by atoms with E-state index >= 15 is 0 Å². The van der Waals surface area contributed by atoms with Crippen molar-refractivity contribution in [3.8, 4) is 5.75 Å². The Hall–Kier alpha value is -3.98. The molecule has 2 aliphatic rings. The van der Waals surface area contributed by atoms with Gasteiger partial charge in [0, 0.05) is 76.5 Å². The summed E-state index contributed by atoms with van der Waals surface area (Å²) in [5.41, 5.74) is 4.86. The van der Waals surface area contributed by atoms with Crippen LogP contribution in [0.2, 0.25) is 5.02 Å². The van der Waals surface area contributed by atoms with Gasteiger partial charge in [-0.1, -0.05) is 18.5 Å². The molecule has 256 valence electrons. The molecule has 6 rings (SSSR count). The van der Waals surface area contributed by atoms with Gasteiger partial charge in [-0.25, -0.2) is 13.4 Å². The molecule has 0 amide bonds. The lowest BCUT2D eigenvalue weighted by Crippen LogP contribution is -2.52. The second-order valence-electron chi connectivity index (χ2n) is 12.3. The molecular formula is C33H43ClN10O3S. The molecular weight excluding hydrogens is 652 g/mol. The van der Waals surface area contributed by atoms with Gasteiger partial charge in [0.2, 0.25) is 16.0 Å². The van der Waals surface area contributed by atoms with Crippen LogP contribution in [0.4, 0.5) is 34.5 Å². The molecule has 2 aliphatic heterocycles. The van der Waals surface area contributed by atoms with Crippen LogP contribution in [0.1, 0.15) is 25.3 Å². The predicted molar refractivity (Wildman–Crippen MR) is 193 cm³/mol. The van der Waals surface area contributed by atoms with Crippen LogP contribution >= 0.6 is 11.6 Å². The van der Waals surface area contributed by atoms with Crippen molar-refractivity contribution in [1.82, 2.24) is 29.7 Å². The molecule has 4 aromatic rings. The SMILES string of the molecule is CCc1cc(Nc2ncc(Cl)c(Nc3ccc4nccnc4c3N(C)S(C)(=O)=O)n2)c(OC)cc1N1CCC(N2CCN(C)CC2)CC1. The fraction of sp³-hybridized carbons (Fsp3) is 0.455. The zero-order valence-corrected chi connectivity index (χ0v) is 29.6. The van der Waals surface area contributed by atoms with Crippen molar-refractivity contribution in [2.75, 3.05) is 86.6 Å². The normalized spacial score (nSPS) is 16.7. The molecule has 2 aromatic heterocycles. The number of aromatic nitrogens is 4. The minimum atomic E-state index is -3.63. The number of piperazine rings is 1. The average Bonchev–Trinajstić information content (AvgIpc) is 3.09. The Kier molecular flexibility index (Phi) is 10.1. The summed E-state index contributed by atoms with van der Waals surface area (Å²) in [6, 6.07) is 8.33. The van der Waals surface area contributed by atoms with Crippen LogP contribution in [0.3, 0.4) is 0 Å². The Balaban J connectivity index is 1.24. The number of methoxy groups -OCH3 is 1. The highest BCUT2D eigenvalue weighted by atomic mass is 35.5. The Morgan fingerprint density at radius 1 is 1.00 bits per heavy atom. The molecule has 48 heavy (non-hydrogen) atoms. The van der Waals surface area contributed by atoms with E-state index in [1.54, 1.807) is 25.4 Å². The molecule has 13 nitrogen and oxygen atoms in total. The molecule has 0 saturated carbocycles. The smallest absolute Gasteiger partial charge is 0.232 e. The maximum atomic E-state index is 12.6. The molecule has 0 bridgehead atoms. The Morgan fingerprint density at radius 2 is 1.73 bits per heavy atom. The lowest BCUT2D eigenvalue weighted by molar-refractivity contribution is 0.0982. The second kappa shape index (κ2) is 14.2. The topological polar surface area (TPSA) is 132 Å². The van der Waals surface area contributed by atoms with Crippen LogP contribution in [-0.4, -0.2) is 111 Å². The third kappa shape index (κ3) is 7.21. The summed E-state index contributed by atoms with van der Waals surface area (Å²) in [4.78, 5) is 25.4. The number of rotatable bonds is 10. The molecule has 2 N–H and O–H groups in total. The number of sulfonamides is 1. The van der Waals surface area contributed by atoms with Crippen LogP contribution < -0.4 is 24.6 Å². The number of anilines is 6. The van der Waals surface area contributed by atoms with Crippen LogP contribution in [0.15, 0.2) is 42.9 Å². The first-order valence-electron chi connectivity index (χ1n) is 16.2. The van der Waals surface area contributed by atoms with E-state index < -0.39 is 10.0 Å². The number of nitrogens with one attached hydrogen (secondary N) is 2. The summed E-state index contributed by atoms with van der Waals surface area (Å²) in [6.07, 6.45) is 8.84. The summed E-state index contributed by atoms with van der Waals surface area (Å²) in [5, 5.41) is 6.78. The first kappa shape index (κ1) is 33.9. The van der Waals surface area contributed by atoms with Crippen molar-refractivity contribution in [2.45, 2.75) is 32.2 Å². The first-order chi connectivity index (χ1) is 23.0. The van der Waals surface area contributed by atoms with Crippen molar-refractivity contribution in [2.24, 2.45) is 0 Å². The average molecular weight is 695 g/mol. The highest BCUT2D eigenvalue weighted by Gasteiger charge is 2.28. The fourth-order valence-electron chi connectivity index (χ4n) is 6.49. The zero-order valence-electron chi connectivity index (χ0n) is 28.1. The van der Waals surface area contributed by atoms with E-state index in [1.807, 2.05) is 0 Å². The van der Waals surface area contributed by atoms with Gasteiger partial charge in [0.1, 0.15) is 22.0 Å².